The summed E-state index contributed by atoms with van der Waals surface area (Å²) >= 11 is 0. The Morgan fingerprint density at radius 2 is 1.82 bits per heavy atom. The normalized spacial score (nSPS) is 34.5. The molecule has 3 saturated heterocycles. The minimum Gasteiger partial charge on any atom is -0.381 e. The molecule has 1 amide bonds. The maximum absolute atomic E-state index is 12.8. The number of carbonyl (C=O) groups excluding carboxylic acids is 1. The summed E-state index contributed by atoms with van der Waals surface area (Å²) in [6.45, 7) is 6.34. The Labute approximate surface area is 132 Å². The summed E-state index contributed by atoms with van der Waals surface area (Å²) in [6.07, 6.45) is 5.91. The van der Waals surface area contributed by atoms with E-state index in [2.05, 4.69) is 9.80 Å². The topological polar surface area (TPSA) is 42.0 Å². The van der Waals surface area contributed by atoms with Gasteiger partial charge in [-0.3, -0.25) is 9.69 Å². The zero-order valence-electron chi connectivity index (χ0n) is 13.4. The van der Waals surface area contributed by atoms with Gasteiger partial charge in [-0.2, -0.15) is 0 Å². The number of rotatable bonds is 3. The molecule has 5 heteroatoms. The molecular weight excluding hydrogens is 280 g/mol. The summed E-state index contributed by atoms with van der Waals surface area (Å²) < 4.78 is 11.4. The van der Waals surface area contributed by atoms with Crippen LogP contribution in [-0.2, 0) is 14.3 Å². The number of hydrogen-bond acceptors (Lipinski definition) is 4. The third kappa shape index (κ3) is 3.17. The smallest absolute Gasteiger partial charge is 0.225 e. The van der Waals surface area contributed by atoms with E-state index in [1.807, 2.05) is 0 Å². The lowest BCUT2D eigenvalue weighted by molar-refractivity contribution is -0.149. The van der Waals surface area contributed by atoms with E-state index in [9.17, 15) is 4.79 Å². The first kappa shape index (κ1) is 14.9. The first-order valence-corrected chi connectivity index (χ1v) is 9.03. The van der Waals surface area contributed by atoms with Gasteiger partial charge in [-0.05, 0) is 38.0 Å². The zero-order chi connectivity index (χ0) is 14.9. The number of hydrogen-bond donors (Lipinski definition) is 0. The molecule has 0 bridgehead atoms. The summed E-state index contributed by atoms with van der Waals surface area (Å²) in [4.78, 5) is 17.5. The number of carbonyl (C=O) groups is 1. The lowest BCUT2D eigenvalue weighted by Gasteiger charge is -2.47. The van der Waals surface area contributed by atoms with Crippen molar-refractivity contribution in [2.75, 3.05) is 46.0 Å². The summed E-state index contributed by atoms with van der Waals surface area (Å²) in [5.74, 6) is 1.45. The fourth-order valence-electron chi connectivity index (χ4n) is 4.20. The van der Waals surface area contributed by atoms with Crippen molar-refractivity contribution >= 4 is 5.91 Å². The molecule has 0 aromatic rings. The van der Waals surface area contributed by atoms with E-state index in [1.165, 1.54) is 19.4 Å². The van der Waals surface area contributed by atoms with Gasteiger partial charge in [0.1, 0.15) is 0 Å². The first-order chi connectivity index (χ1) is 10.8. The van der Waals surface area contributed by atoms with Crippen LogP contribution in [0.25, 0.3) is 0 Å². The number of piperidine rings is 1. The van der Waals surface area contributed by atoms with Crippen molar-refractivity contribution in [3.63, 3.8) is 0 Å². The van der Waals surface area contributed by atoms with E-state index < -0.39 is 0 Å². The van der Waals surface area contributed by atoms with Crippen LogP contribution in [0.5, 0.6) is 0 Å². The molecule has 22 heavy (non-hydrogen) atoms. The van der Waals surface area contributed by atoms with E-state index in [4.69, 9.17) is 9.47 Å². The van der Waals surface area contributed by atoms with Crippen LogP contribution in [0.4, 0.5) is 0 Å². The van der Waals surface area contributed by atoms with E-state index in [-0.39, 0.29) is 5.92 Å². The van der Waals surface area contributed by atoms with Gasteiger partial charge in [-0.15, -0.1) is 0 Å². The Morgan fingerprint density at radius 3 is 2.59 bits per heavy atom. The SMILES string of the molecule is O=C(C1CCOCC1)N1CC[C@H]2OCCN(CC3CC3)[C@@H]2C1. The van der Waals surface area contributed by atoms with Gasteiger partial charge in [0.2, 0.25) is 5.91 Å². The van der Waals surface area contributed by atoms with Gasteiger partial charge in [0.15, 0.2) is 0 Å². The van der Waals surface area contributed by atoms with Crippen LogP contribution < -0.4 is 0 Å². The largest absolute Gasteiger partial charge is 0.381 e. The van der Waals surface area contributed by atoms with Crippen LogP contribution in [0, 0.1) is 11.8 Å². The second-order valence-electron chi connectivity index (χ2n) is 7.37. The molecule has 5 nitrogen and oxygen atoms in total. The van der Waals surface area contributed by atoms with Gasteiger partial charge < -0.3 is 14.4 Å². The summed E-state index contributed by atoms with van der Waals surface area (Å²) in [7, 11) is 0. The number of ether oxygens (including phenoxy) is 2. The molecule has 0 N–H and O–H groups in total. The Balaban J connectivity index is 1.39. The van der Waals surface area contributed by atoms with Gasteiger partial charge in [-0.25, -0.2) is 0 Å². The highest BCUT2D eigenvalue weighted by atomic mass is 16.5. The molecule has 2 atom stereocenters. The fraction of sp³-hybridized carbons (Fsp3) is 0.941. The van der Waals surface area contributed by atoms with Gasteiger partial charge in [-0.1, -0.05) is 0 Å². The van der Waals surface area contributed by atoms with Crippen LogP contribution in [0.2, 0.25) is 0 Å². The van der Waals surface area contributed by atoms with Crippen LogP contribution >= 0.6 is 0 Å². The van der Waals surface area contributed by atoms with Crippen molar-refractivity contribution < 1.29 is 14.3 Å². The average molecular weight is 308 g/mol. The van der Waals surface area contributed by atoms with E-state index in [0.29, 0.717) is 18.1 Å². The monoisotopic (exact) mass is 308 g/mol. The fourth-order valence-corrected chi connectivity index (χ4v) is 4.20. The second-order valence-corrected chi connectivity index (χ2v) is 7.37. The van der Waals surface area contributed by atoms with Crippen molar-refractivity contribution in [1.29, 1.82) is 0 Å². The number of fused-ring (bicyclic) bond motifs is 1. The van der Waals surface area contributed by atoms with Gasteiger partial charge in [0.05, 0.1) is 18.8 Å². The molecule has 4 fully saturated rings. The average Bonchev–Trinajstić information content (AvgIpc) is 3.39. The Bertz CT molecular complexity index is 407. The standard InChI is InChI=1S/C17H28N2O3/c20-17(14-4-8-21-9-5-14)19-6-3-16-15(12-19)18(7-10-22-16)11-13-1-2-13/h13-16H,1-12H2/t15-,16-/m1/s1. The van der Waals surface area contributed by atoms with E-state index in [1.54, 1.807) is 0 Å². The molecule has 0 aromatic heterocycles. The molecule has 0 aromatic carbocycles. The maximum Gasteiger partial charge on any atom is 0.225 e. The molecule has 1 saturated carbocycles. The number of likely N-dealkylation sites (tertiary alicyclic amines) is 1. The van der Waals surface area contributed by atoms with Gasteiger partial charge in [0, 0.05) is 45.3 Å². The lowest BCUT2D eigenvalue weighted by atomic mass is 9.94. The molecule has 1 aliphatic carbocycles. The minimum absolute atomic E-state index is 0.187. The molecular formula is C17H28N2O3. The van der Waals surface area contributed by atoms with Crippen molar-refractivity contribution in [1.82, 2.24) is 9.80 Å². The van der Waals surface area contributed by atoms with Crippen LogP contribution in [0.3, 0.4) is 0 Å². The molecule has 3 aliphatic heterocycles. The highest BCUT2D eigenvalue weighted by Gasteiger charge is 2.41. The molecule has 0 unspecified atom stereocenters. The second kappa shape index (κ2) is 6.46. The highest BCUT2D eigenvalue weighted by molar-refractivity contribution is 5.79. The molecule has 4 rings (SSSR count). The van der Waals surface area contributed by atoms with E-state index in [0.717, 1.165) is 64.6 Å². The minimum atomic E-state index is 0.187. The Kier molecular flexibility index (Phi) is 4.38. The van der Waals surface area contributed by atoms with Crippen LogP contribution in [-0.4, -0.2) is 73.9 Å². The zero-order valence-corrected chi connectivity index (χ0v) is 13.4. The highest BCUT2D eigenvalue weighted by Crippen LogP contribution is 2.33. The van der Waals surface area contributed by atoms with Gasteiger partial charge >= 0.3 is 0 Å². The summed E-state index contributed by atoms with van der Waals surface area (Å²) in [5, 5.41) is 0. The Morgan fingerprint density at radius 1 is 1.00 bits per heavy atom. The quantitative estimate of drug-likeness (QED) is 0.784. The Hall–Kier alpha value is -0.650. The predicted octanol–water partition coefficient (Wildman–Crippen LogP) is 1.12. The number of morpholine rings is 1. The predicted molar refractivity (Wildman–Crippen MR) is 82.6 cm³/mol. The van der Waals surface area contributed by atoms with Crippen LogP contribution in [0.1, 0.15) is 32.1 Å². The molecule has 4 aliphatic rings. The molecule has 3 heterocycles. The first-order valence-electron chi connectivity index (χ1n) is 9.03. The molecule has 0 radical (unpaired) electrons. The number of nitrogens with zero attached hydrogens (tertiary/aromatic N) is 2. The maximum atomic E-state index is 12.8. The summed E-state index contributed by atoms with van der Waals surface area (Å²) in [5.41, 5.74) is 0. The molecule has 124 valence electrons. The summed E-state index contributed by atoms with van der Waals surface area (Å²) in [6, 6.07) is 0.423. The van der Waals surface area contributed by atoms with Crippen LogP contribution in [0.15, 0.2) is 0 Å². The molecule has 0 spiro atoms. The van der Waals surface area contributed by atoms with Gasteiger partial charge in [0.25, 0.3) is 0 Å². The number of amides is 1. The third-order valence-electron chi connectivity index (χ3n) is 5.77. The van der Waals surface area contributed by atoms with Crippen molar-refractivity contribution in [3.8, 4) is 0 Å². The van der Waals surface area contributed by atoms with Crippen molar-refractivity contribution in [2.45, 2.75) is 44.2 Å². The lowest BCUT2D eigenvalue weighted by Crippen LogP contribution is -2.61. The van der Waals surface area contributed by atoms with E-state index >= 15 is 0 Å². The van der Waals surface area contributed by atoms with Crippen molar-refractivity contribution in [2.24, 2.45) is 11.8 Å². The third-order valence-corrected chi connectivity index (χ3v) is 5.77. The van der Waals surface area contributed by atoms with Crippen molar-refractivity contribution in [3.05, 3.63) is 0 Å².